The van der Waals surface area contributed by atoms with Crippen LogP contribution in [-0.2, 0) is 4.79 Å². The van der Waals surface area contributed by atoms with Crippen molar-refractivity contribution >= 4 is 17.7 Å². The highest BCUT2D eigenvalue weighted by atomic mass is 32.2. The molecule has 4 heteroatoms. The lowest BCUT2D eigenvalue weighted by molar-refractivity contribution is -0.127. The molecule has 0 spiro atoms. The molecule has 11 heavy (non-hydrogen) atoms. The number of nitriles is 1. The average molecular weight is 170 g/mol. The summed E-state index contributed by atoms with van der Waals surface area (Å²) < 4.78 is 0. The Kier molecular flexibility index (Phi) is 3.24. The molecule has 1 saturated heterocycles. The fraction of sp³-hybridized carbons (Fsp3) is 0.714. The molecule has 1 heterocycles. The first-order chi connectivity index (χ1) is 5.34. The highest BCUT2D eigenvalue weighted by Crippen LogP contribution is 2.09. The van der Waals surface area contributed by atoms with E-state index in [0.29, 0.717) is 5.75 Å². The summed E-state index contributed by atoms with van der Waals surface area (Å²) in [7, 11) is 0. The topological polar surface area (TPSA) is 44.1 Å². The molecule has 0 saturated carbocycles. The van der Waals surface area contributed by atoms with E-state index in [9.17, 15) is 4.79 Å². The molecule has 3 nitrogen and oxygen atoms in total. The quantitative estimate of drug-likeness (QED) is 0.576. The summed E-state index contributed by atoms with van der Waals surface area (Å²) in [4.78, 5) is 13.0. The maximum absolute atomic E-state index is 11.2. The summed E-state index contributed by atoms with van der Waals surface area (Å²) >= 11 is 1.02. The molecule has 0 N–H and O–H groups in total. The van der Waals surface area contributed by atoms with E-state index in [0.717, 1.165) is 37.7 Å². The first-order valence-electron chi connectivity index (χ1n) is 3.63. The Morgan fingerprint density at radius 1 is 1.55 bits per heavy atom. The molecule has 0 unspecified atom stereocenters. The summed E-state index contributed by atoms with van der Waals surface area (Å²) in [5, 5.41) is 10.1. The first kappa shape index (κ1) is 8.41. The van der Waals surface area contributed by atoms with E-state index in [1.54, 1.807) is 0 Å². The van der Waals surface area contributed by atoms with E-state index >= 15 is 0 Å². The fourth-order valence-corrected chi connectivity index (χ4v) is 1.52. The monoisotopic (exact) mass is 170 g/mol. The van der Waals surface area contributed by atoms with Crippen LogP contribution >= 0.6 is 11.8 Å². The molecule has 0 aromatic carbocycles. The number of thiocyanates is 1. The molecule has 60 valence electrons. The molecular weight excluding hydrogens is 160 g/mol. The smallest absolute Gasteiger partial charge is 0.233 e. The average Bonchev–Trinajstić information content (AvgIpc) is 2.52. The Labute approximate surface area is 70.4 Å². The molecule has 1 rings (SSSR count). The van der Waals surface area contributed by atoms with Gasteiger partial charge in [-0.3, -0.25) is 4.79 Å². The Hall–Kier alpha value is -0.690. The van der Waals surface area contributed by atoms with E-state index in [2.05, 4.69) is 0 Å². The van der Waals surface area contributed by atoms with Gasteiger partial charge in [0, 0.05) is 13.1 Å². The summed E-state index contributed by atoms with van der Waals surface area (Å²) in [6.07, 6.45) is 2.23. The molecule has 0 aromatic rings. The lowest BCUT2D eigenvalue weighted by Gasteiger charge is -2.12. The summed E-state index contributed by atoms with van der Waals surface area (Å²) in [5.41, 5.74) is 0. The van der Waals surface area contributed by atoms with Crippen LogP contribution in [0.1, 0.15) is 12.8 Å². The van der Waals surface area contributed by atoms with Crippen molar-refractivity contribution < 1.29 is 4.79 Å². The van der Waals surface area contributed by atoms with Crippen LogP contribution in [0.3, 0.4) is 0 Å². The van der Waals surface area contributed by atoms with Crippen molar-refractivity contribution in [2.75, 3.05) is 18.8 Å². The highest BCUT2D eigenvalue weighted by molar-refractivity contribution is 8.04. The van der Waals surface area contributed by atoms with Gasteiger partial charge >= 0.3 is 0 Å². The molecule has 1 aliphatic rings. The Morgan fingerprint density at radius 3 is 2.73 bits per heavy atom. The van der Waals surface area contributed by atoms with Crippen LogP contribution in [0.25, 0.3) is 0 Å². The second-order valence-corrected chi connectivity index (χ2v) is 3.23. The lowest BCUT2D eigenvalue weighted by Crippen LogP contribution is -2.28. The van der Waals surface area contributed by atoms with E-state index in [1.165, 1.54) is 0 Å². The number of nitrogens with zero attached hydrogens (tertiary/aromatic N) is 2. The molecular formula is C7H10N2OS. The Bertz CT molecular complexity index is 181. The van der Waals surface area contributed by atoms with Crippen molar-refractivity contribution in [3.63, 3.8) is 0 Å². The zero-order valence-corrected chi connectivity index (χ0v) is 7.06. The highest BCUT2D eigenvalue weighted by Gasteiger charge is 2.16. The molecule has 0 bridgehead atoms. The van der Waals surface area contributed by atoms with E-state index in [4.69, 9.17) is 5.26 Å². The lowest BCUT2D eigenvalue weighted by atomic mass is 10.4. The third-order valence-corrected chi connectivity index (χ3v) is 2.24. The largest absolute Gasteiger partial charge is 0.342 e. The third kappa shape index (κ3) is 2.43. The van der Waals surface area contributed by atoms with Crippen molar-refractivity contribution in [3.05, 3.63) is 0 Å². The van der Waals surface area contributed by atoms with Crippen molar-refractivity contribution in [3.8, 4) is 5.40 Å². The van der Waals surface area contributed by atoms with E-state index in [-0.39, 0.29) is 5.91 Å². The van der Waals surface area contributed by atoms with Crippen molar-refractivity contribution in [1.82, 2.24) is 4.90 Å². The van der Waals surface area contributed by atoms with Gasteiger partial charge in [-0.15, -0.1) is 0 Å². The summed E-state index contributed by atoms with van der Waals surface area (Å²) in [6.45, 7) is 1.76. The van der Waals surface area contributed by atoms with Crippen LogP contribution in [0.2, 0.25) is 0 Å². The van der Waals surface area contributed by atoms with Gasteiger partial charge in [-0.2, -0.15) is 5.26 Å². The second-order valence-electron chi connectivity index (χ2n) is 2.47. The zero-order valence-electron chi connectivity index (χ0n) is 6.25. The molecule has 1 fully saturated rings. The summed E-state index contributed by atoms with van der Waals surface area (Å²) in [5.74, 6) is 0.422. The maximum atomic E-state index is 11.2. The van der Waals surface area contributed by atoms with E-state index in [1.807, 2.05) is 10.3 Å². The van der Waals surface area contributed by atoms with Gasteiger partial charge < -0.3 is 4.90 Å². The minimum Gasteiger partial charge on any atom is -0.342 e. The minimum absolute atomic E-state index is 0.106. The number of thioether (sulfide) groups is 1. The SMILES string of the molecule is N#CSCC(=O)N1CCCC1. The number of hydrogen-bond acceptors (Lipinski definition) is 3. The van der Waals surface area contributed by atoms with Crippen molar-refractivity contribution in [1.29, 1.82) is 5.26 Å². The number of carbonyl (C=O) groups excluding carboxylic acids is 1. The standard InChI is InChI=1S/C7H10N2OS/c8-6-11-5-7(10)9-3-1-2-4-9/h1-5H2. The number of amides is 1. The van der Waals surface area contributed by atoms with Crippen LogP contribution in [0.4, 0.5) is 0 Å². The summed E-state index contributed by atoms with van der Waals surface area (Å²) in [6, 6.07) is 0. The van der Waals surface area contributed by atoms with Gasteiger partial charge in [0.25, 0.3) is 0 Å². The second kappa shape index (κ2) is 4.24. The van der Waals surface area contributed by atoms with E-state index < -0.39 is 0 Å². The Morgan fingerprint density at radius 2 is 2.18 bits per heavy atom. The predicted octanol–water partition coefficient (Wildman–Crippen LogP) is 0.823. The van der Waals surface area contributed by atoms with Gasteiger partial charge in [0.2, 0.25) is 5.91 Å². The number of carbonyl (C=O) groups is 1. The van der Waals surface area contributed by atoms with Crippen molar-refractivity contribution in [2.45, 2.75) is 12.8 Å². The van der Waals surface area contributed by atoms with Crippen LogP contribution in [0.15, 0.2) is 0 Å². The third-order valence-electron chi connectivity index (χ3n) is 1.72. The zero-order chi connectivity index (χ0) is 8.10. The van der Waals surface area contributed by atoms with Gasteiger partial charge in [0.05, 0.1) is 5.75 Å². The first-order valence-corrected chi connectivity index (χ1v) is 4.62. The normalized spacial score (nSPS) is 16.5. The van der Waals surface area contributed by atoms with Crippen LogP contribution in [0.5, 0.6) is 0 Å². The molecule has 0 aliphatic carbocycles. The van der Waals surface area contributed by atoms with Gasteiger partial charge in [-0.05, 0) is 24.6 Å². The predicted molar refractivity (Wildman–Crippen MR) is 43.9 cm³/mol. The number of hydrogen-bond donors (Lipinski definition) is 0. The van der Waals surface area contributed by atoms with Crippen molar-refractivity contribution in [2.24, 2.45) is 0 Å². The van der Waals surface area contributed by atoms with Crippen LogP contribution < -0.4 is 0 Å². The molecule has 1 aliphatic heterocycles. The van der Waals surface area contributed by atoms with Gasteiger partial charge in [0.1, 0.15) is 5.40 Å². The van der Waals surface area contributed by atoms with Gasteiger partial charge in [0.15, 0.2) is 0 Å². The molecule has 0 atom stereocenters. The fourth-order valence-electron chi connectivity index (χ4n) is 1.15. The van der Waals surface area contributed by atoms with Crippen LogP contribution in [0, 0.1) is 10.7 Å². The number of rotatable bonds is 2. The van der Waals surface area contributed by atoms with Gasteiger partial charge in [-0.25, -0.2) is 0 Å². The Balaban J connectivity index is 2.24. The molecule has 0 radical (unpaired) electrons. The maximum Gasteiger partial charge on any atom is 0.233 e. The van der Waals surface area contributed by atoms with Gasteiger partial charge in [-0.1, -0.05) is 0 Å². The molecule has 0 aromatic heterocycles. The number of likely N-dealkylation sites (tertiary alicyclic amines) is 1. The minimum atomic E-state index is 0.106. The van der Waals surface area contributed by atoms with Crippen LogP contribution in [-0.4, -0.2) is 29.6 Å². The molecule has 1 amide bonds.